The molecular weight excluding hydrogens is 247 g/mol. The molecule has 1 aromatic rings. The first-order valence-corrected chi connectivity index (χ1v) is 6.53. The Labute approximate surface area is 111 Å². The Morgan fingerprint density at radius 3 is 2.68 bits per heavy atom. The van der Waals surface area contributed by atoms with Crippen LogP contribution in [-0.4, -0.2) is 17.6 Å². The molecule has 19 heavy (non-hydrogen) atoms. The summed E-state index contributed by atoms with van der Waals surface area (Å²) >= 11 is 0. The number of nitrogens with one attached hydrogen (secondary N) is 1. The van der Waals surface area contributed by atoms with Crippen LogP contribution in [0.25, 0.3) is 0 Å². The van der Waals surface area contributed by atoms with Crippen molar-refractivity contribution in [2.45, 2.75) is 32.6 Å². The van der Waals surface area contributed by atoms with Gasteiger partial charge in [-0.15, -0.1) is 0 Å². The van der Waals surface area contributed by atoms with E-state index in [2.05, 4.69) is 12.2 Å². The van der Waals surface area contributed by atoms with Gasteiger partial charge in [0, 0.05) is 12.2 Å². The summed E-state index contributed by atoms with van der Waals surface area (Å²) in [6.45, 7) is 2.80. The highest BCUT2D eigenvalue weighted by Crippen LogP contribution is 2.43. The molecule has 5 heteroatoms. The van der Waals surface area contributed by atoms with Gasteiger partial charge in [-0.3, -0.25) is 0 Å². The Kier molecular flexibility index (Phi) is 3.64. The molecule has 0 atom stereocenters. The fourth-order valence-electron chi connectivity index (χ4n) is 2.52. The molecule has 1 fully saturated rings. The van der Waals surface area contributed by atoms with E-state index in [-0.39, 0.29) is 22.4 Å². The average Bonchev–Trinajstić information content (AvgIpc) is 2.30. The van der Waals surface area contributed by atoms with E-state index in [4.69, 9.17) is 10.8 Å². The number of hydrogen-bond acceptors (Lipinski definition) is 3. The lowest BCUT2D eigenvalue weighted by Crippen LogP contribution is -2.36. The van der Waals surface area contributed by atoms with E-state index in [0.29, 0.717) is 6.54 Å². The molecule has 0 spiro atoms. The van der Waals surface area contributed by atoms with Crippen molar-refractivity contribution in [1.82, 2.24) is 0 Å². The maximum Gasteiger partial charge on any atom is 0.337 e. The zero-order valence-corrected chi connectivity index (χ0v) is 11.0. The van der Waals surface area contributed by atoms with Crippen molar-refractivity contribution < 1.29 is 14.3 Å². The first-order chi connectivity index (χ1) is 8.97. The van der Waals surface area contributed by atoms with Gasteiger partial charge in [-0.25, -0.2) is 9.18 Å². The van der Waals surface area contributed by atoms with Crippen molar-refractivity contribution in [3.63, 3.8) is 0 Å². The Morgan fingerprint density at radius 2 is 2.21 bits per heavy atom. The molecule has 1 aromatic carbocycles. The summed E-state index contributed by atoms with van der Waals surface area (Å²) in [7, 11) is 0. The van der Waals surface area contributed by atoms with Crippen LogP contribution >= 0.6 is 0 Å². The molecule has 0 radical (unpaired) electrons. The number of rotatable bonds is 5. The molecule has 0 unspecified atom stereocenters. The Morgan fingerprint density at radius 1 is 1.53 bits per heavy atom. The second-order valence-corrected chi connectivity index (χ2v) is 5.29. The van der Waals surface area contributed by atoms with E-state index >= 15 is 0 Å². The highest BCUT2D eigenvalue weighted by molar-refractivity contribution is 5.94. The van der Waals surface area contributed by atoms with Crippen LogP contribution < -0.4 is 11.1 Å². The zero-order chi connectivity index (χ0) is 14.0. The van der Waals surface area contributed by atoms with Gasteiger partial charge >= 0.3 is 5.97 Å². The summed E-state index contributed by atoms with van der Waals surface area (Å²) in [6.07, 6.45) is 4.53. The number of hydrogen-bond donors (Lipinski definition) is 3. The summed E-state index contributed by atoms with van der Waals surface area (Å²) < 4.78 is 13.8. The van der Waals surface area contributed by atoms with E-state index in [1.165, 1.54) is 12.5 Å². The molecule has 0 bridgehead atoms. The van der Waals surface area contributed by atoms with Crippen LogP contribution in [0, 0.1) is 11.2 Å². The minimum Gasteiger partial charge on any atom is -0.478 e. The number of halogens is 1. The molecule has 1 aliphatic rings. The fourth-order valence-corrected chi connectivity index (χ4v) is 2.52. The SMILES string of the molecule is CCC1(CNc2cc(C(=O)O)c(N)cc2F)CCC1. The third kappa shape index (κ3) is 2.64. The Bertz CT molecular complexity index is 493. The highest BCUT2D eigenvalue weighted by atomic mass is 19.1. The maximum atomic E-state index is 13.8. The molecule has 0 amide bonds. The third-order valence-corrected chi connectivity index (χ3v) is 4.19. The molecule has 0 heterocycles. The minimum atomic E-state index is -1.14. The number of carbonyl (C=O) groups is 1. The summed E-state index contributed by atoms with van der Waals surface area (Å²) in [5.41, 5.74) is 5.82. The Balaban J connectivity index is 2.16. The standard InChI is InChI=1S/C14H19FN2O2/c1-2-14(4-3-5-14)8-17-12-6-9(13(18)19)11(16)7-10(12)15/h6-7,17H,2-5,8,16H2,1H3,(H,18,19). The number of carboxylic acid groups (broad SMARTS) is 1. The fraction of sp³-hybridized carbons (Fsp3) is 0.500. The van der Waals surface area contributed by atoms with Crippen LogP contribution in [0.5, 0.6) is 0 Å². The lowest BCUT2D eigenvalue weighted by molar-refractivity contribution is 0.0698. The quantitative estimate of drug-likeness (QED) is 0.716. The van der Waals surface area contributed by atoms with Crippen LogP contribution in [0.1, 0.15) is 43.0 Å². The van der Waals surface area contributed by atoms with Crippen molar-refractivity contribution in [3.8, 4) is 0 Å². The van der Waals surface area contributed by atoms with Crippen molar-refractivity contribution >= 4 is 17.3 Å². The lowest BCUT2D eigenvalue weighted by Gasteiger charge is -2.41. The number of anilines is 2. The monoisotopic (exact) mass is 266 g/mol. The second kappa shape index (κ2) is 5.07. The van der Waals surface area contributed by atoms with Crippen molar-refractivity contribution in [2.75, 3.05) is 17.6 Å². The van der Waals surface area contributed by atoms with Crippen LogP contribution in [0.4, 0.5) is 15.8 Å². The van der Waals surface area contributed by atoms with E-state index in [9.17, 15) is 9.18 Å². The summed E-state index contributed by atoms with van der Waals surface area (Å²) in [6, 6.07) is 2.33. The molecule has 0 saturated heterocycles. The molecule has 4 nitrogen and oxygen atoms in total. The third-order valence-electron chi connectivity index (χ3n) is 4.19. The molecule has 4 N–H and O–H groups in total. The maximum absolute atomic E-state index is 13.8. The van der Waals surface area contributed by atoms with Gasteiger partial charge in [-0.05, 0) is 36.8 Å². The topological polar surface area (TPSA) is 75.3 Å². The number of nitrogen functional groups attached to an aromatic ring is 1. The van der Waals surface area contributed by atoms with Crippen LogP contribution in [-0.2, 0) is 0 Å². The largest absolute Gasteiger partial charge is 0.478 e. The normalized spacial score (nSPS) is 16.7. The van der Waals surface area contributed by atoms with Crippen LogP contribution in [0.3, 0.4) is 0 Å². The summed E-state index contributed by atoms with van der Waals surface area (Å²) in [5, 5.41) is 12.0. The van der Waals surface area contributed by atoms with E-state index in [0.717, 1.165) is 25.3 Å². The van der Waals surface area contributed by atoms with Crippen molar-refractivity contribution in [3.05, 3.63) is 23.5 Å². The van der Waals surface area contributed by atoms with Crippen LogP contribution in [0.2, 0.25) is 0 Å². The smallest absolute Gasteiger partial charge is 0.337 e. The number of aromatic carboxylic acids is 1. The van der Waals surface area contributed by atoms with Gasteiger partial charge in [0.1, 0.15) is 5.82 Å². The molecule has 0 aliphatic heterocycles. The second-order valence-electron chi connectivity index (χ2n) is 5.29. The molecule has 2 rings (SSSR count). The zero-order valence-electron chi connectivity index (χ0n) is 11.0. The first kappa shape index (κ1) is 13.6. The average molecular weight is 266 g/mol. The lowest BCUT2D eigenvalue weighted by atomic mass is 9.67. The molecule has 104 valence electrons. The molecule has 1 saturated carbocycles. The van der Waals surface area contributed by atoms with Gasteiger partial charge < -0.3 is 16.2 Å². The van der Waals surface area contributed by atoms with Gasteiger partial charge in [0.05, 0.1) is 11.3 Å². The predicted octanol–water partition coefficient (Wildman–Crippen LogP) is 3.10. The van der Waals surface area contributed by atoms with Crippen molar-refractivity contribution in [2.24, 2.45) is 5.41 Å². The van der Waals surface area contributed by atoms with Crippen LogP contribution in [0.15, 0.2) is 12.1 Å². The minimum absolute atomic E-state index is 0.0515. The van der Waals surface area contributed by atoms with Crippen molar-refractivity contribution in [1.29, 1.82) is 0 Å². The number of benzene rings is 1. The highest BCUT2D eigenvalue weighted by Gasteiger charge is 2.34. The van der Waals surface area contributed by atoms with Gasteiger partial charge in [-0.2, -0.15) is 0 Å². The van der Waals surface area contributed by atoms with Gasteiger partial charge in [0.25, 0.3) is 0 Å². The summed E-state index contributed by atoms with van der Waals surface area (Å²) in [4.78, 5) is 11.0. The number of carboxylic acids is 1. The van der Waals surface area contributed by atoms with E-state index < -0.39 is 11.8 Å². The van der Waals surface area contributed by atoms with E-state index in [1.807, 2.05) is 0 Å². The molecule has 1 aliphatic carbocycles. The van der Waals surface area contributed by atoms with Gasteiger partial charge in [0.15, 0.2) is 0 Å². The van der Waals surface area contributed by atoms with E-state index in [1.54, 1.807) is 0 Å². The first-order valence-electron chi connectivity index (χ1n) is 6.53. The Hall–Kier alpha value is -1.78. The van der Waals surface area contributed by atoms with Gasteiger partial charge in [-0.1, -0.05) is 13.3 Å². The molecular formula is C14H19FN2O2. The number of nitrogens with two attached hydrogens (primary N) is 1. The molecule has 0 aromatic heterocycles. The van der Waals surface area contributed by atoms with Gasteiger partial charge in [0.2, 0.25) is 0 Å². The summed E-state index contributed by atoms with van der Waals surface area (Å²) in [5.74, 6) is -1.65. The predicted molar refractivity (Wildman–Crippen MR) is 72.8 cm³/mol.